The average Bonchev–Trinajstić information content (AvgIpc) is 2.57. The molecule has 6 nitrogen and oxygen atoms in total. The van der Waals surface area contributed by atoms with Crippen LogP contribution >= 0.6 is 0 Å². The van der Waals surface area contributed by atoms with Crippen molar-refractivity contribution in [1.29, 1.82) is 0 Å². The van der Waals surface area contributed by atoms with E-state index in [0.29, 0.717) is 32.8 Å². The summed E-state index contributed by atoms with van der Waals surface area (Å²) in [6, 6.07) is 0. The molecule has 0 heterocycles. The quantitative estimate of drug-likeness (QED) is 0.369. The molecule has 0 fully saturated rings. The molecule has 0 radical (unpaired) electrons. The van der Waals surface area contributed by atoms with Gasteiger partial charge >= 0.3 is 0 Å². The van der Waals surface area contributed by atoms with Gasteiger partial charge in [0.25, 0.3) is 0 Å². The van der Waals surface area contributed by atoms with Crippen molar-refractivity contribution in [3.63, 3.8) is 0 Å². The Bertz CT molecular complexity index is 250. The Hall–Kier alpha value is -0.240. The van der Waals surface area contributed by atoms with E-state index in [2.05, 4.69) is 13.8 Å². The average molecular weight is 350 g/mol. The van der Waals surface area contributed by atoms with E-state index in [1.54, 1.807) is 6.92 Å². The molecule has 0 aliphatic rings. The monoisotopic (exact) mass is 350 g/mol. The summed E-state index contributed by atoms with van der Waals surface area (Å²) in [5, 5.41) is 19.3. The normalized spacial score (nSPS) is 15.4. The van der Waals surface area contributed by atoms with Crippen LogP contribution in [0.1, 0.15) is 52.9 Å². The summed E-state index contributed by atoms with van der Waals surface area (Å²) in [5.74, 6) is 0. The van der Waals surface area contributed by atoms with Crippen LogP contribution in [0.3, 0.4) is 0 Å². The molecule has 0 aromatic carbocycles. The Morgan fingerprint density at radius 3 is 1.79 bits per heavy atom. The van der Waals surface area contributed by atoms with E-state index in [4.69, 9.17) is 18.9 Å². The van der Waals surface area contributed by atoms with E-state index in [9.17, 15) is 10.2 Å². The molecule has 0 aliphatic heterocycles. The molecule has 3 atom stereocenters. The minimum Gasteiger partial charge on any atom is -0.394 e. The Morgan fingerprint density at radius 2 is 1.33 bits per heavy atom. The summed E-state index contributed by atoms with van der Waals surface area (Å²) in [7, 11) is 0. The van der Waals surface area contributed by atoms with Crippen molar-refractivity contribution in [1.82, 2.24) is 0 Å². The second kappa shape index (κ2) is 17.6. The fourth-order valence-corrected chi connectivity index (χ4v) is 2.09. The summed E-state index contributed by atoms with van der Waals surface area (Å²) in [6.07, 6.45) is 3.38. The van der Waals surface area contributed by atoms with Gasteiger partial charge in [-0.2, -0.15) is 0 Å². The van der Waals surface area contributed by atoms with E-state index in [0.717, 1.165) is 38.9 Å². The Labute approximate surface area is 147 Å². The van der Waals surface area contributed by atoms with Crippen LogP contribution in [0.15, 0.2) is 0 Å². The molecule has 0 aromatic heterocycles. The Morgan fingerprint density at radius 1 is 0.792 bits per heavy atom. The van der Waals surface area contributed by atoms with Gasteiger partial charge in [0.2, 0.25) is 0 Å². The molecular formula is C18H38O6. The van der Waals surface area contributed by atoms with Crippen LogP contribution in [0.2, 0.25) is 0 Å². The third-order valence-corrected chi connectivity index (χ3v) is 3.66. The van der Waals surface area contributed by atoms with Gasteiger partial charge in [-0.25, -0.2) is 0 Å². The molecular weight excluding hydrogens is 312 g/mol. The standard InChI is InChI=1S/C18H38O6/c1-4-6-8-21-10-12-23-17(15-19)14-18(16(3)20)24-13-11-22-9-7-5-2/h16-20H,4-15H2,1-3H3. The van der Waals surface area contributed by atoms with Crippen LogP contribution in [0, 0.1) is 0 Å². The minimum absolute atomic E-state index is 0.103. The predicted octanol–water partition coefficient (Wildman–Crippen LogP) is 2.15. The maximum absolute atomic E-state index is 9.84. The van der Waals surface area contributed by atoms with Crippen molar-refractivity contribution in [3.8, 4) is 0 Å². The summed E-state index contributed by atoms with van der Waals surface area (Å²) in [5.41, 5.74) is 0. The van der Waals surface area contributed by atoms with Gasteiger partial charge in [0.15, 0.2) is 0 Å². The first-order chi connectivity index (χ1) is 11.7. The van der Waals surface area contributed by atoms with Gasteiger partial charge in [-0.3, -0.25) is 0 Å². The fourth-order valence-electron chi connectivity index (χ4n) is 2.09. The van der Waals surface area contributed by atoms with E-state index in [1.807, 2.05) is 0 Å². The smallest absolute Gasteiger partial charge is 0.0857 e. The van der Waals surface area contributed by atoms with E-state index in [-0.39, 0.29) is 18.8 Å². The lowest BCUT2D eigenvalue weighted by atomic mass is 10.1. The summed E-state index contributed by atoms with van der Waals surface area (Å²) >= 11 is 0. The maximum atomic E-state index is 9.84. The number of aliphatic hydroxyl groups is 2. The third-order valence-electron chi connectivity index (χ3n) is 3.66. The molecule has 2 N–H and O–H groups in total. The van der Waals surface area contributed by atoms with Gasteiger partial charge in [-0.1, -0.05) is 26.7 Å². The topological polar surface area (TPSA) is 77.4 Å². The zero-order valence-electron chi connectivity index (χ0n) is 15.7. The molecule has 24 heavy (non-hydrogen) atoms. The molecule has 0 rings (SSSR count). The summed E-state index contributed by atoms with van der Waals surface area (Å²) in [6.45, 7) is 9.18. The van der Waals surface area contributed by atoms with Crippen molar-refractivity contribution in [2.45, 2.75) is 71.2 Å². The lowest BCUT2D eigenvalue weighted by molar-refractivity contribution is -0.0916. The summed E-state index contributed by atoms with van der Waals surface area (Å²) in [4.78, 5) is 0. The summed E-state index contributed by atoms with van der Waals surface area (Å²) < 4.78 is 22.2. The van der Waals surface area contributed by atoms with E-state index < -0.39 is 6.10 Å². The number of aliphatic hydroxyl groups excluding tert-OH is 2. The van der Waals surface area contributed by atoms with Gasteiger partial charge in [0, 0.05) is 19.6 Å². The highest BCUT2D eigenvalue weighted by atomic mass is 16.5. The lowest BCUT2D eigenvalue weighted by Gasteiger charge is -2.25. The number of unbranched alkanes of at least 4 members (excludes halogenated alkanes) is 2. The largest absolute Gasteiger partial charge is 0.394 e. The molecule has 0 amide bonds. The predicted molar refractivity (Wildman–Crippen MR) is 94.3 cm³/mol. The first-order valence-corrected chi connectivity index (χ1v) is 9.33. The second-order valence-corrected chi connectivity index (χ2v) is 5.99. The van der Waals surface area contributed by atoms with Crippen molar-refractivity contribution in [2.24, 2.45) is 0 Å². The van der Waals surface area contributed by atoms with Crippen LogP contribution in [0.5, 0.6) is 0 Å². The highest BCUT2D eigenvalue weighted by Gasteiger charge is 2.21. The van der Waals surface area contributed by atoms with E-state index >= 15 is 0 Å². The Balaban J connectivity index is 3.89. The molecule has 0 aromatic rings. The molecule has 0 aliphatic carbocycles. The molecule has 146 valence electrons. The third kappa shape index (κ3) is 14.1. The Kier molecular flexibility index (Phi) is 17.4. The van der Waals surface area contributed by atoms with Gasteiger partial charge in [-0.05, 0) is 19.8 Å². The number of rotatable bonds is 18. The molecule has 3 unspecified atom stereocenters. The maximum Gasteiger partial charge on any atom is 0.0857 e. The molecule has 0 spiro atoms. The van der Waals surface area contributed by atoms with Gasteiger partial charge < -0.3 is 29.2 Å². The highest BCUT2D eigenvalue weighted by Crippen LogP contribution is 2.11. The van der Waals surface area contributed by atoms with Crippen molar-refractivity contribution < 1.29 is 29.2 Å². The molecule has 0 bridgehead atoms. The van der Waals surface area contributed by atoms with Crippen LogP contribution < -0.4 is 0 Å². The fraction of sp³-hybridized carbons (Fsp3) is 1.00. The molecule has 6 heteroatoms. The van der Waals surface area contributed by atoms with Crippen molar-refractivity contribution in [2.75, 3.05) is 46.2 Å². The van der Waals surface area contributed by atoms with Crippen molar-refractivity contribution >= 4 is 0 Å². The van der Waals surface area contributed by atoms with Gasteiger partial charge in [0.05, 0.1) is 51.3 Å². The van der Waals surface area contributed by atoms with Crippen LogP contribution in [-0.2, 0) is 18.9 Å². The number of hydrogen-bond donors (Lipinski definition) is 2. The lowest BCUT2D eigenvalue weighted by Crippen LogP contribution is -2.34. The number of ether oxygens (including phenoxy) is 4. The minimum atomic E-state index is -0.626. The molecule has 0 saturated heterocycles. The van der Waals surface area contributed by atoms with E-state index in [1.165, 1.54) is 0 Å². The van der Waals surface area contributed by atoms with Gasteiger partial charge in [0.1, 0.15) is 0 Å². The van der Waals surface area contributed by atoms with Crippen LogP contribution in [0.25, 0.3) is 0 Å². The highest BCUT2D eigenvalue weighted by molar-refractivity contribution is 4.71. The van der Waals surface area contributed by atoms with Crippen LogP contribution in [0.4, 0.5) is 0 Å². The van der Waals surface area contributed by atoms with Crippen LogP contribution in [-0.4, -0.2) is 74.8 Å². The van der Waals surface area contributed by atoms with Crippen molar-refractivity contribution in [3.05, 3.63) is 0 Å². The second-order valence-electron chi connectivity index (χ2n) is 5.99. The molecule has 0 saturated carbocycles. The first kappa shape index (κ1) is 23.8. The zero-order chi connectivity index (χ0) is 18.0. The SMILES string of the molecule is CCCCOCCOC(CO)CC(OCCOCCCC)C(C)O. The van der Waals surface area contributed by atoms with Gasteiger partial charge in [-0.15, -0.1) is 0 Å². The zero-order valence-corrected chi connectivity index (χ0v) is 15.7. The first-order valence-electron chi connectivity index (χ1n) is 9.33. The number of hydrogen-bond acceptors (Lipinski definition) is 6.